The lowest BCUT2D eigenvalue weighted by atomic mass is 9.83. The summed E-state index contributed by atoms with van der Waals surface area (Å²) in [7, 11) is 0. The molecule has 26 heavy (non-hydrogen) atoms. The fraction of sp³-hybridized carbons (Fsp3) is 0.300. The molecule has 0 spiro atoms. The van der Waals surface area contributed by atoms with Crippen molar-refractivity contribution < 1.29 is 9.84 Å². The fourth-order valence-corrected chi connectivity index (χ4v) is 3.30. The molecule has 6 heteroatoms. The SMILES string of the molecule is O[C@@H]1C[C@H](NCc2ccccc2OCc2ccccn2)[C@H]1n1cccn1. The van der Waals surface area contributed by atoms with Gasteiger partial charge in [0.25, 0.3) is 0 Å². The lowest BCUT2D eigenvalue weighted by Crippen LogP contribution is -2.54. The summed E-state index contributed by atoms with van der Waals surface area (Å²) >= 11 is 0. The van der Waals surface area contributed by atoms with Gasteiger partial charge in [0.15, 0.2) is 0 Å². The van der Waals surface area contributed by atoms with Crippen molar-refractivity contribution in [2.45, 2.75) is 37.8 Å². The van der Waals surface area contributed by atoms with E-state index >= 15 is 0 Å². The van der Waals surface area contributed by atoms with Crippen LogP contribution in [0.1, 0.15) is 23.7 Å². The van der Waals surface area contributed by atoms with Crippen molar-refractivity contribution >= 4 is 0 Å². The lowest BCUT2D eigenvalue weighted by molar-refractivity contribution is -0.00828. The van der Waals surface area contributed by atoms with Gasteiger partial charge >= 0.3 is 0 Å². The number of aliphatic hydroxyl groups excluding tert-OH is 1. The number of nitrogens with one attached hydrogen (secondary N) is 1. The second-order valence-corrected chi connectivity index (χ2v) is 6.48. The highest BCUT2D eigenvalue weighted by atomic mass is 16.5. The van der Waals surface area contributed by atoms with Crippen LogP contribution >= 0.6 is 0 Å². The number of ether oxygens (including phenoxy) is 1. The average Bonchev–Trinajstić information content (AvgIpc) is 3.18. The summed E-state index contributed by atoms with van der Waals surface area (Å²) in [6, 6.07) is 15.8. The Hall–Kier alpha value is -2.70. The Balaban J connectivity index is 1.38. The molecule has 0 unspecified atom stereocenters. The zero-order valence-corrected chi connectivity index (χ0v) is 14.4. The van der Waals surface area contributed by atoms with E-state index in [1.54, 1.807) is 12.4 Å². The van der Waals surface area contributed by atoms with Gasteiger partial charge < -0.3 is 15.2 Å². The quantitative estimate of drug-likeness (QED) is 0.684. The standard InChI is InChI=1S/C20H22N4O2/c25-18-12-17(20(18)24-11-5-10-23-24)22-13-15-6-1-2-8-19(15)26-14-16-7-3-4-9-21-16/h1-11,17-18,20,22,25H,12-14H2/t17-,18+,20+/m0/s1. The molecule has 1 aliphatic carbocycles. The molecule has 1 aromatic carbocycles. The smallest absolute Gasteiger partial charge is 0.130 e. The maximum atomic E-state index is 10.1. The van der Waals surface area contributed by atoms with Gasteiger partial charge in [-0.2, -0.15) is 5.10 Å². The van der Waals surface area contributed by atoms with Gasteiger partial charge in [0, 0.05) is 36.7 Å². The number of pyridine rings is 1. The number of nitrogens with zero attached hydrogens (tertiary/aromatic N) is 3. The van der Waals surface area contributed by atoms with E-state index in [-0.39, 0.29) is 18.2 Å². The summed E-state index contributed by atoms with van der Waals surface area (Å²) in [4.78, 5) is 4.29. The number of hydrogen-bond acceptors (Lipinski definition) is 5. The van der Waals surface area contributed by atoms with Gasteiger partial charge in [-0.1, -0.05) is 24.3 Å². The van der Waals surface area contributed by atoms with Gasteiger partial charge in [0.1, 0.15) is 12.4 Å². The highest BCUT2D eigenvalue weighted by Gasteiger charge is 2.41. The first-order chi connectivity index (χ1) is 12.8. The molecule has 4 rings (SSSR count). The Morgan fingerprint density at radius 3 is 2.77 bits per heavy atom. The molecule has 0 saturated heterocycles. The number of rotatable bonds is 7. The van der Waals surface area contributed by atoms with Crippen molar-refractivity contribution in [2.75, 3.05) is 0 Å². The Labute approximate surface area is 152 Å². The molecule has 2 heterocycles. The molecule has 0 bridgehead atoms. The molecule has 0 radical (unpaired) electrons. The lowest BCUT2D eigenvalue weighted by Gasteiger charge is -2.42. The average molecular weight is 350 g/mol. The molecule has 0 aliphatic heterocycles. The molecule has 3 aromatic rings. The molecule has 1 saturated carbocycles. The van der Waals surface area contributed by atoms with Crippen LogP contribution in [-0.4, -0.2) is 32.0 Å². The zero-order chi connectivity index (χ0) is 17.8. The largest absolute Gasteiger partial charge is 0.487 e. The Morgan fingerprint density at radius 2 is 2.00 bits per heavy atom. The van der Waals surface area contributed by atoms with Gasteiger partial charge in [0.05, 0.1) is 17.8 Å². The zero-order valence-electron chi connectivity index (χ0n) is 14.4. The molecule has 2 aromatic heterocycles. The van der Waals surface area contributed by atoms with E-state index in [1.807, 2.05) is 53.3 Å². The summed E-state index contributed by atoms with van der Waals surface area (Å²) in [6.07, 6.45) is 5.77. The predicted octanol–water partition coefficient (Wildman–Crippen LogP) is 2.32. The van der Waals surface area contributed by atoms with E-state index in [0.717, 1.165) is 23.4 Å². The summed E-state index contributed by atoms with van der Waals surface area (Å²) in [6.45, 7) is 1.11. The third kappa shape index (κ3) is 3.61. The van der Waals surface area contributed by atoms with Crippen LogP contribution in [0, 0.1) is 0 Å². The first kappa shape index (κ1) is 16.8. The van der Waals surface area contributed by atoms with Crippen LogP contribution in [0.2, 0.25) is 0 Å². The van der Waals surface area contributed by atoms with Crippen LogP contribution in [0.3, 0.4) is 0 Å². The van der Waals surface area contributed by atoms with Crippen LogP contribution < -0.4 is 10.1 Å². The summed E-state index contributed by atoms with van der Waals surface area (Å²) < 4.78 is 7.79. The van der Waals surface area contributed by atoms with Crippen molar-refractivity contribution in [3.63, 3.8) is 0 Å². The summed E-state index contributed by atoms with van der Waals surface area (Å²) in [5, 5.41) is 17.9. The molecule has 1 fully saturated rings. The second kappa shape index (κ2) is 7.68. The van der Waals surface area contributed by atoms with E-state index in [0.29, 0.717) is 13.2 Å². The van der Waals surface area contributed by atoms with Crippen LogP contribution in [0.4, 0.5) is 0 Å². The highest BCUT2D eigenvalue weighted by molar-refractivity contribution is 5.33. The van der Waals surface area contributed by atoms with Crippen molar-refractivity contribution in [2.24, 2.45) is 0 Å². The van der Waals surface area contributed by atoms with Gasteiger partial charge in [-0.25, -0.2) is 0 Å². The van der Waals surface area contributed by atoms with Crippen LogP contribution in [0.25, 0.3) is 0 Å². The van der Waals surface area contributed by atoms with Gasteiger partial charge in [-0.3, -0.25) is 9.67 Å². The second-order valence-electron chi connectivity index (χ2n) is 6.48. The monoisotopic (exact) mass is 350 g/mol. The Morgan fingerprint density at radius 1 is 1.12 bits per heavy atom. The topological polar surface area (TPSA) is 72.2 Å². The molecule has 134 valence electrons. The maximum Gasteiger partial charge on any atom is 0.130 e. The molecule has 0 amide bonds. The summed E-state index contributed by atoms with van der Waals surface area (Å²) in [5.74, 6) is 0.848. The fourth-order valence-electron chi connectivity index (χ4n) is 3.30. The third-order valence-electron chi connectivity index (χ3n) is 4.76. The number of para-hydroxylation sites is 1. The first-order valence-electron chi connectivity index (χ1n) is 8.82. The molecule has 3 atom stereocenters. The number of aromatic nitrogens is 3. The van der Waals surface area contributed by atoms with E-state index in [4.69, 9.17) is 4.74 Å². The van der Waals surface area contributed by atoms with Crippen LogP contribution in [0.5, 0.6) is 5.75 Å². The minimum atomic E-state index is -0.358. The minimum absolute atomic E-state index is 0.0217. The van der Waals surface area contributed by atoms with E-state index in [1.165, 1.54) is 0 Å². The van der Waals surface area contributed by atoms with Gasteiger partial charge in [-0.05, 0) is 30.7 Å². The van der Waals surface area contributed by atoms with E-state index < -0.39 is 0 Å². The number of aliphatic hydroxyl groups is 1. The first-order valence-corrected chi connectivity index (χ1v) is 8.82. The molecule has 1 aliphatic rings. The highest BCUT2D eigenvalue weighted by Crippen LogP contribution is 2.32. The van der Waals surface area contributed by atoms with Crippen molar-refractivity contribution in [3.05, 3.63) is 78.4 Å². The van der Waals surface area contributed by atoms with Crippen molar-refractivity contribution in [1.29, 1.82) is 0 Å². The van der Waals surface area contributed by atoms with Crippen molar-refractivity contribution in [1.82, 2.24) is 20.1 Å². The number of hydrogen-bond donors (Lipinski definition) is 2. The van der Waals surface area contributed by atoms with E-state index in [2.05, 4.69) is 21.5 Å². The normalized spacial score (nSPS) is 22.0. The maximum absolute atomic E-state index is 10.1. The predicted molar refractivity (Wildman–Crippen MR) is 97.5 cm³/mol. The van der Waals surface area contributed by atoms with Crippen LogP contribution in [0.15, 0.2) is 67.1 Å². The Kier molecular flexibility index (Phi) is 4.95. The van der Waals surface area contributed by atoms with Gasteiger partial charge in [-0.15, -0.1) is 0 Å². The molecular weight excluding hydrogens is 328 g/mol. The molecular formula is C20H22N4O2. The van der Waals surface area contributed by atoms with E-state index in [9.17, 15) is 5.11 Å². The summed E-state index contributed by atoms with van der Waals surface area (Å²) in [5.41, 5.74) is 1.99. The minimum Gasteiger partial charge on any atom is -0.487 e. The van der Waals surface area contributed by atoms with Gasteiger partial charge in [0.2, 0.25) is 0 Å². The van der Waals surface area contributed by atoms with Crippen LogP contribution in [-0.2, 0) is 13.2 Å². The third-order valence-corrected chi connectivity index (χ3v) is 4.76. The molecule has 2 N–H and O–H groups in total. The molecule has 6 nitrogen and oxygen atoms in total. The van der Waals surface area contributed by atoms with Crippen molar-refractivity contribution in [3.8, 4) is 5.75 Å². The number of benzene rings is 1. The Bertz CT molecular complexity index is 823.